The van der Waals surface area contributed by atoms with Gasteiger partial charge in [0.15, 0.2) is 0 Å². The van der Waals surface area contributed by atoms with Gasteiger partial charge in [0.05, 0.1) is 6.04 Å². The summed E-state index contributed by atoms with van der Waals surface area (Å²) in [7, 11) is 0. The lowest BCUT2D eigenvalue weighted by Crippen LogP contribution is -2.33. The molecule has 0 bridgehead atoms. The van der Waals surface area contributed by atoms with E-state index in [4.69, 9.17) is 16.9 Å². The quantitative estimate of drug-likeness (QED) is 0.905. The van der Waals surface area contributed by atoms with Crippen molar-refractivity contribution in [3.8, 4) is 6.07 Å². The van der Waals surface area contributed by atoms with Gasteiger partial charge < -0.3 is 0 Å². The van der Waals surface area contributed by atoms with Crippen LogP contribution in [0.1, 0.15) is 24.1 Å². The molecule has 0 fully saturated rings. The molecule has 1 N–H and O–H groups in total. The number of H-pyrrole nitrogens is 1. The van der Waals surface area contributed by atoms with Crippen LogP contribution in [0.2, 0.25) is 5.02 Å². The first-order chi connectivity index (χ1) is 9.02. The maximum Gasteiger partial charge on any atom is 0.328 e. The van der Waals surface area contributed by atoms with Crippen molar-refractivity contribution >= 4 is 11.6 Å². The molecule has 1 unspecified atom stereocenters. The number of aromatic amines is 1. The second kappa shape index (κ2) is 5.12. The molecule has 0 spiro atoms. The highest BCUT2D eigenvalue weighted by atomic mass is 35.5. The molecule has 0 aliphatic carbocycles. The first kappa shape index (κ1) is 13.1. The topological polar surface area (TPSA) is 78.7 Å². The first-order valence-corrected chi connectivity index (χ1v) is 5.91. The Balaban J connectivity index is 2.53. The molecule has 0 aliphatic rings. The fraction of sp³-hybridized carbons (Fsp3) is 0.154. The summed E-state index contributed by atoms with van der Waals surface area (Å²) in [5, 5.41) is 9.42. The minimum Gasteiger partial charge on any atom is -0.292 e. The highest BCUT2D eigenvalue weighted by Crippen LogP contribution is 2.18. The standard InChI is InChI=1S/C13H10ClN3O2/c1-8(9-2-4-11(14)5-3-9)17-7-10(6-15)12(18)16-13(17)19/h2-5,7-8H,1H3,(H,16,18,19). The van der Waals surface area contributed by atoms with Gasteiger partial charge >= 0.3 is 5.69 Å². The van der Waals surface area contributed by atoms with E-state index >= 15 is 0 Å². The van der Waals surface area contributed by atoms with Crippen molar-refractivity contribution < 1.29 is 0 Å². The van der Waals surface area contributed by atoms with E-state index in [0.29, 0.717) is 5.02 Å². The third kappa shape index (κ3) is 2.59. The van der Waals surface area contributed by atoms with Crippen LogP contribution in [-0.2, 0) is 0 Å². The van der Waals surface area contributed by atoms with Gasteiger partial charge in [-0.3, -0.25) is 14.3 Å². The molecular formula is C13H10ClN3O2. The molecule has 19 heavy (non-hydrogen) atoms. The number of benzene rings is 1. The summed E-state index contributed by atoms with van der Waals surface area (Å²) >= 11 is 5.80. The second-order valence-electron chi connectivity index (χ2n) is 4.05. The van der Waals surface area contributed by atoms with Crippen LogP contribution in [0.25, 0.3) is 0 Å². The number of rotatable bonds is 2. The summed E-state index contributed by atoms with van der Waals surface area (Å²) in [6.45, 7) is 1.80. The van der Waals surface area contributed by atoms with E-state index in [2.05, 4.69) is 4.98 Å². The Bertz CT molecular complexity index is 753. The summed E-state index contributed by atoms with van der Waals surface area (Å²) in [4.78, 5) is 25.2. The molecule has 5 nitrogen and oxygen atoms in total. The van der Waals surface area contributed by atoms with Crippen molar-refractivity contribution in [2.45, 2.75) is 13.0 Å². The number of nitrogens with zero attached hydrogens (tertiary/aromatic N) is 2. The number of hydrogen-bond acceptors (Lipinski definition) is 3. The SMILES string of the molecule is CC(c1ccc(Cl)cc1)n1cc(C#N)c(=O)[nH]c1=O. The van der Waals surface area contributed by atoms with Crippen molar-refractivity contribution in [1.29, 1.82) is 5.26 Å². The zero-order valence-corrected chi connectivity index (χ0v) is 10.8. The summed E-state index contributed by atoms with van der Waals surface area (Å²) in [5.74, 6) is 0. The monoisotopic (exact) mass is 275 g/mol. The highest BCUT2D eigenvalue weighted by Gasteiger charge is 2.12. The predicted octanol–water partition coefficient (Wildman–Crippen LogP) is 1.67. The van der Waals surface area contributed by atoms with E-state index in [0.717, 1.165) is 5.56 Å². The van der Waals surface area contributed by atoms with Gasteiger partial charge in [-0.1, -0.05) is 23.7 Å². The van der Waals surface area contributed by atoms with Crippen molar-refractivity contribution in [1.82, 2.24) is 9.55 Å². The lowest BCUT2D eigenvalue weighted by atomic mass is 10.1. The molecule has 0 saturated carbocycles. The molecule has 2 rings (SSSR count). The molecule has 0 aliphatic heterocycles. The zero-order chi connectivity index (χ0) is 14.0. The van der Waals surface area contributed by atoms with Crippen LogP contribution >= 0.6 is 11.6 Å². The number of nitriles is 1. The van der Waals surface area contributed by atoms with E-state index in [-0.39, 0.29) is 11.6 Å². The Labute approximate surface area is 113 Å². The first-order valence-electron chi connectivity index (χ1n) is 5.54. The molecule has 1 aromatic carbocycles. The van der Waals surface area contributed by atoms with Crippen LogP contribution in [0, 0.1) is 11.3 Å². The molecule has 0 amide bonds. The molecule has 1 heterocycles. The van der Waals surface area contributed by atoms with Crippen LogP contribution in [0.3, 0.4) is 0 Å². The Morgan fingerprint density at radius 1 is 1.32 bits per heavy atom. The smallest absolute Gasteiger partial charge is 0.292 e. The fourth-order valence-electron chi connectivity index (χ4n) is 1.75. The predicted molar refractivity (Wildman–Crippen MR) is 71.3 cm³/mol. The maximum absolute atomic E-state index is 11.8. The lowest BCUT2D eigenvalue weighted by molar-refractivity contribution is 0.593. The van der Waals surface area contributed by atoms with Crippen LogP contribution in [0.15, 0.2) is 40.1 Å². The van der Waals surface area contributed by atoms with E-state index in [1.807, 2.05) is 0 Å². The van der Waals surface area contributed by atoms with Gasteiger partial charge in [0.2, 0.25) is 0 Å². The number of halogens is 1. The highest BCUT2D eigenvalue weighted by molar-refractivity contribution is 6.30. The Hall–Kier alpha value is -2.32. The zero-order valence-electron chi connectivity index (χ0n) is 10.1. The molecule has 0 radical (unpaired) electrons. The minimum atomic E-state index is -0.674. The fourth-order valence-corrected chi connectivity index (χ4v) is 1.88. The molecule has 1 atom stereocenters. The Morgan fingerprint density at radius 2 is 1.95 bits per heavy atom. The molecule has 6 heteroatoms. The van der Waals surface area contributed by atoms with Gasteiger partial charge in [-0.15, -0.1) is 0 Å². The molecule has 1 aromatic heterocycles. The summed E-state index contributed by atoms with van der Waals surface area (Å²) in [5.41, 5.74) is -0.471. The van der Waals surface area contributed by atoms with Crippen molar-refractivity contribution in [3.63, 3.8) is 0 Å². The summed E-state index contributed by atoms with van der Waals surface area (Å²) in [6, 6.07) is 8.45. The summed E-state index contributed by atoms with van der Waals surface area (Å²) in [6.07, 6.45) is 1.26. The maximum atomic E-state index is 11.8. The van der Waals surface area contributed by atoms with Gasteiger partial charge in [-0.2, -0.15) is 5.26 Å². The van der Waals surface area contributed by atoms with Crippen molar-refractivity contribution in [2.24, 2.45) is 0 Å². The van der Waals surface area contributed by atoms with Gasteiger partial charge in [-0.25, -0.2) is 4.79 Å². The average molecular weight is 276 g/mol. The van der Waals surface area contributed by atoms with Crippen molar-refractivity contribution in [3.05, 3.63) is 67.4 Å². The van der Waals surface area contributed by atoms with Crippen LogP contribution in [0.4, 0.5) is 0 Å². The lowest BCUT2D eigenvalue weighted by Gasteiger charge is -2.15. The minimum absolute atomic E-state index is 0.0968. The van der Waals surface area contributed by atoms with Gasteiger partial charge in [0.1, 0.15) is 11.6 Å². The summed E-state index contributed by atoms with van der Waals surface area (Å²) < 4.78 is 1.31. The molecule has 2 aromatic rings. The van der Waals surface area contributed by atoms with Crippen LogP contribution in [-0.4, -0.2) is 9.55 Å². The van der Waals surface area contributed by atoms with E-state index in [1.54, 1.807) is 37.3 Å². The number of hydrogen-bond donors (Lipinski definition) is 1. The average Bonchev–Trinajstić information content (AvgIpc) is 2.39. The molecular weight excluding hydrogens is 266 g/mol. The molecule has 96 valence electrons. The van der Waals surface area contributed by atoms with Gasteiger partial charge in [0.25, 0.3) is 5.56 Å². The van der Waals surface area contributed by atoms with Crippen LogP contribution in [0.5, 0.6) is 0 Å². The van der Waals surface area contributed by atoms with Gasteiger partial charge in [0, 0.05) is 11.2 Å². The van der Waals surface area contributed by atoms with E-state index in [1.165, 1.54) is 10.8 Å². The molecule has 0 saturated heterocycles. The second-order valence-corrected chi connectivity index (χ2v) is 4.49. The number of aromatic nitrogens is 2. The van der Waals surface area contributed by atoms with Crippen molar-refractivity contribution in [2.75, 3.05) is 0 Å². The third-order valence-electron chi connectivity index (χ3n) is 2.86. The Morgan fingerprint density at radius 3 is 2.53 bits per heavy atom. The van der Waals surface area contributed by atoms with Gasteiger partial charge in [-0.05, 0) is 24.6 Å². The van der Waals surface area contributed by atoms with E-state index < -0.39 is 11.2 Å². The number of nitrogens with one attached hydrogen (secondary N) is 1. The normalized spacial score (nSPS) is 11.8. The third-order valence-corrected chi connectivity index (χ3v) is 3.11. The van der Waals surface area contributed by atoms with E-state index in [9.17, 15) is 9.59 Å². The largest absolute Gasteiger partial charge is 0.328 e. The Kier molecular flexibility index (Phi) is 3.54. The van der Waals surface area contributed by atoms with Crippen LogP contribution < -0.4 is 11.2 Å².